The van der Waals surface area contributed by atoms with Gasteiger partial charge in [0.05, 0.1) is 11.6 Å². The zero-order valence-electron chi connectivity index (χ0n) is 16.6. The molecule has 1 aromatic carbocycles. The highest BCUT2D eigenvalue weighted by Gasteiger charge is 2.46. The molecule has 1 N–H and O–H groups in total. The van der Waals surface area contributed by atoms with Crippen molar-refractivity contribution in [3.8, 4) is 6.07 Å². The van der Waals surface area contributed by atoms with Gasteiger partial charge in [-0.05, 0) is 68.1 Å². The molecule has 3 fully saturated rings. The molecule has 3 aliphatic rings. The number of nitrogens with one attached hydrogen (secondary N) is 1. The lowest BCUT2D eigenvalue weighted by atomic mass is 9.93. The number of piperidine rings is 1. The molecule has 3 atom stereocenters. The molecule has 5 rings (SSSR count). The number of aromatic nitrogens is 2. The van der Waals surface area contributed by atoms with Gasteiger partial charge < -0.3 is 14.6 Å². The first-order valence-corrected chi connectivity index (χ1v) is 10.5. The fourth-order valence-electron chi connectivity index (χ4n) is 4.48. The van der Waals surface area contributed by atoms with E-state index in [9.17, 15) is 4.79 Å². The quantitative estimate of drug-likeness (QED) is 0.839. The Labute approximate surface area is 170 Å². The van der Waals surface area contributed by atoms with Crippen molar-refractivity contribution in [3.05, 3.63) is 41.3 Å². The fraction of sp³-hybridized carbons (Fsp3) is 0.545. The second kappa shape index (κ2) is 6.87. The van der Waals surface area contributed by atoms with Gasteiger partial charge in [-0.25, -0.2) is 0 Å². The monoisotopic (exact) mass is 391 g/mol. The van der Waals surface area contributed by atoms with Crippen LogP contribution in [0.4, 0.5) is 6.01 Å². The Kier molecular flexibility index (Phi) is 4.30. The summed E-state index contributed by atoms with van der Waals surface area (Å²) in [4.78, 5) is 14.7. The lowest BCUT2D eigenvalue weighted by molar-refractivity contribution is -0.133. The Morgan fingerprint density at radius 1 is 1.21 bits per heavy atom. The van der Waals surface area contributed by atoms with E-state index in [-0.39, 0.29) is 17.9 Å². The van der Waals surface area contributed by atoms with Crippen LogP contribution in [0.1, 0.15) is 67.9 Å². The van der Waals surface area contributed by atoms with Gasteiger partial charge in [-0.3, -0.25) is 4.79 Å². The third-order valence-corrected chi connectivity index (χ3v) is 6.82. The first-order chi connectivity index (χ1) is 14.1. The molecule has 2 heterocycles. The van der Waals surface area contributed by atoms with Crippen molar-refractivity contribution in [1.29, 1.82) is 5.26 Å². The normalized spacial score (nSPS) is 25.3. The van der Waals surface area contributed by atoms with Gasteiger partial charge in [0.25, 0.3) is 0 Å². The summed E-state index contributed by atoms with van der Waals surface area (Å²) in [5.41, 5.74) is 2.41. The Balaban J connectivity index is 1.16. The van der Waals surface area contributed by atoms with Gasteiger partial charge in [0.1, 0.15) is 6.04 Å². The standard InChI is InChI=1S/C22H25N5O2/c1-14(20(28)27-10-8-22(6-7-22)9-11-27)24-21-26-25-19(29-21)18-12-17(18)16-4-2-15(13-23)3-5-16/h2-5,14,17-18H,6-12H2,1H3,(H,24,26)/t14-,17+,18+/m1/s1. The maximum atomic E-state index is 12.7. The van der Waals surface area contributed by atoms with Crippen LogP contribution in [0.15, 0.2) is 28.7 Å². The predicted molar refractivity (Wildman–Crippen MR) is 106 cm³/mol. The fourth-order valence-corrected chi connectivity index (χ4v) is 4.48. The van der Waals surface area contributed by atoms with E-state index in [1.165, 1.54) is 18.4 Å². The molecule has 2 aliphatic carbocycles. The molecule has 1 spiro atoms. The minimum Gasteiger partial charge on any atom is -0.408 e. The predicted octanol–water partition coefficient (Wildman–Crippen LogP) is 3.42. The Bertz CT molecular complexity index is 946. The molecule has 0 bridgehead atoms. The molecule has 1 aliphatic heterocycles. The molecule has 0 unspecified atom stereocenters. The van der Waals surface area contributed by atoms with Crippen molar-refractivity contribution in [1.82, 2.24) is 15.1 Å². The minimum absolute atomic E-state index is 0.0992. The molecular weight excluding hydrogens is 366 g/mol. The van der Waals surface area contributed by atoms with Crippen molar-refractivity contribution in [2.24, 2.45) is 5.41 Å². The Morgan fingerprint density at radius 3 is 2.59 bits per heavy atom. The third-order valence-electron chi connectivity index (χ3n) is 6.82. The molecular formula is C22H25N5O2. The van der Waals surface area contributed by atoms with E-state index in [4.69, 9.17) is 9.68 Å². The van der Waals surface area contributed by atoms with E-state index in [2.05, 4.69) is 21.6 Å². The SMILES string of the molecule is C[C@@H](Nc1nnc([C@H]2C[C@H]2c2ccc(C#N)cc2)o1)C(=O)N1CCC2(CC1)CC2. The zero-order chi connectivity index (χ0) is 20.0. The van der Waals surface area contributed by atoms with E-state index in [0.29, 0.717) is 28.8 Å². The van der Waals surface area contributed by atoms with E-state index >= 15 is 0 Å². The number of amides is 1. The van der Waals surface area contributed by atoms with Crippen molar-refractivity contribution in [3.63, 3.8) is 0 Å². The molecule has 1 amide bonds. The Hall–Kier alpha value is -2.88. The summed E-state index contributed by atoms with van der Waals surface area (Å²) in [6.45, 7) is 3.56. The van der Waals surface area contributed by atoms with Crippen molar-refractivity contribution >= 4 is 11.9 Å². The van der Waals surface area contributed by atoms with Crippen LogP contribution in [0.5, 0.6) is 0 Å². The van der Waals surface area contributed by atoms with Gasteiger partial charge in [0, 0.05) is 19.0 Å². The minimum atomic E-state index is -0.384. The number of likely N-dealkylation sites (tertiary alicyclic amines) is 1. The summed E-state index contributed by atoms with van der Waals surface area (Å²) in [5.74, 6) is 1.25. The smallest absolute Gasteiger partial charge is 0.316 e. The second-order valence-corrected chi connectivity index (χ2v) is 8.82. The number of rotatable bonds is 5. The van der Waals surface area contributed by atoms with Crippen LogP contribution in [0, 0.1) is 16.7 Å². The molecule has 1 aromatic heterocycles. The second-order valence-electron chi connectivity index (χ2n) is 8.82. The van der Waals surface area contributed by atoms with Crippen LogP contribution in [0.2, 0.25) is 0 Å². The van der Waals surface area contributed by atoms with Crippen molar-refractivity contribution in [2.75, 3.05) is 18.4 Å². The average molecular weight is 391 g/mol. The van der Waals surface area contributed by atoms with Gasteiger partial charge in [0.2, 0.25) is 11.8 Å². The van der Waals surface area contributed by atoms with Gasteiger partial charge in [-0.15, -0.1) is 5.10 Å². The summed E-state index contributed by atoms with van der Waals surface area (Å²) < 4.78 is 5.80. The maximum Gasteiger partial charge on any atom is 0.316 e. The first kappa shape index (κ1) is 18.2. The Morgan fingerprint density at radius 2 is 1.93 bits per heavy atom. The molecule has 2 aromatic rings. The highest BCUT2D eigenvalue weighted by molar-refractivity contribution is 5.83. The summed E-state index contributed by atoms with van der Waals surface area (Å²) in [6.07, 6.45) is 5.89. The van der Waals surface area contributed by atoms with E-state index < -0.39 is 0 Å². The molecule has 1 saturated heterocycles. The largest absolute Gasteiger partial charge is 0.408 e. The van der Waals surface area contributed by atoms with Crippen LogP contribution >= 0.6 is 0 Å². The molecule has 2 saturated carbocycles. The average Bonchev–Trinajstić information content (AvgIpc) is 3.67. The van der Waals surface area contributed by atoms with Crippen LogP contribution in [-0.4, -0.2) is 40.1 Å². The third kappa shape index (κ3) is 3.59. The highest BCUT2D eigenvalue weighted by Crippen LogP contribution is 2.54. The molecule has 0 radical (unpaired) electrons. The number of anilines is 1. The lowest BCUT2D eigenvalue weighted by Crippen LogP contribution is -2.45. The summed E-state index contributed by atoms with van der Waals surface area (Å²) in [6, 6.07) is 9.72. The van der Waals surface area contributed by atoms with Crippen LogP contribution < -0.4 is 5.32 Å². The number of nitriles is 1. The number of benzene rings is 1. The van der Waals surface area contributed by atoms with Crippen LogP contribution in [0.25, 0.3) is 0 Å². The number of nitrogens with zero attached hydrogens (tertiary/aromatic N) is 4. The topological polar surface area (TPSA) is 95.0 Å². The maximum absolute atomic E-state index is 12.7. The van der Waals surface area contributed by atoms with Crippen LogP contribution in [0.3, 0.4) is 0 Å². The number of hydrogen-bond acceptors (Lipinski definition) is 6. The van der Waals surface area contributed by atoms with Gasteiger partial charge in [-0.2, -0.15) is 5.26 Å². The van der Waals surface area contributed by atoms with Gasteiger partial charge >= 0.3 is 6.01 Å². The number of hydrogen-bond donors (Lipinski definition) is 1. The van der Waals surface area contributed by atoms with Crippen LogP contribution in [-0.2, 0) is 4.79 Å². The number of carbonyl (C=O) groups is 1. The molecule has 150 valence electrons. The highest BCUT2D eigenvalue weighted by atomic mass is 16.4. The molecule has 7 nitrogen and oxygen atoms in total. The van der Waals surface area contributed by atoms with Crippen molar-refractivity contribution in [2.45, 2.75) is 56.9 Å². The van der Waals surface area contributed by atoms with E-state index in [1.54, 1.807) is 0 Å². The zero-order valence-corrected chi connectivity index (χ0v) is 16.6. The number of carbonyl (C=O) groups excluding carboxylic acids is 1. The van der Waals surface area contributed by atoms with Crippen molar-refractivity contribution < 1.29 is 9.21 Å². The molecule has 7 heteroatoms. The van der Waals surface area contributed by atoms with Gasteiger partial charge in [0.15, 0.2) is 0 Å². The summed E-state index contributed by atoms with van der Waals surface area (Å²) >= 11 is 0. The van der Waals surface area contributed by atoms with E-state index in [1.807, 2.05) is 36.1 Å². The van der Waals surface area contributed by atoms with Gasteiger partial charge in [-0.1, -0.05) is 17.2 Å². The lowest BCUT2D eigenvalue weighted by Gasteiger charge is -2.33. The molecule has 29 heavy (non-hydrogen) atoms. The summed E-state index contributed by atoms with van der Waals surface area (Å²) in [7, 11) is 0. The first-order valence-electron chi connectivity index (χ1n) is 10.5. The summed E-state index contributed by atoms with van der Waals surface area (Å²) in [5, 5.41) is 20.3. The van der Waals surface area contributed by atoms with E-state index in [0.717, 1.165) is 32.4 Å².